The van der Waals surface area contributed by atoms with Gasteiger partial charge in [0.2, 0.25) is 5.91 Å². The first kappa shape index (κ1) is 18.5. The minimum Gasteiger partial charge on any atom is -0.346 e. The molecule has 2 heteroatoms. The summed E-state index contributed by atoms with van der Waals surface area (Å²) in [6.45, 7) is 5.12. The van der Waals surface area contributed by atoms with Crippen LogP contribution in [0, 0.1) is 0 Å². The van der Waals surface area contributed by atoms with E-state index in [1.165, 1.54) is 64.2 Å². The van der Waals surface area contributed by atoms with Crippen molar-refractivity contribution in [1.82, 2.24) is 4.90 Å². The minimum atomic E-state index is 0.304. The van der Waals surface area contributed by atoms with E-state index in [1.54, 1.807) is 0 Å². The van der Waals surface area contributed by atoms with Gasteiger partial charge in [-0.1, -0.05) is 71.1 Å². The maximum Gasteiger partial charge on any atom is 0.222 e. The second kappa shape index (κ2) is 13.9. The van der Waals surface area contributed by atoms with Crippen LogP contribution in [0.4, 0.5) is 0 Å². The lowest BCUT2D eigenvalue weighted by atomic mass is 10.1. The Morgan fingerprint density at radius 3 is 1.58 bits per heavy atom. The Labute approximate surface area is 120 Å². The van der Waals surface area contributed by atoms with Gasteiger partial charge in [0.1, 0.15) is 0 Å². The topological polar surface area (TPSA) is 20.3 Å². The molecule has 0 aromatic rings. The van der Waals surface area contributed by atoms with Crippen molar-refractivity contribution in [2.75, 3.05) is 13.6 Å². The van der Waals surface area contributed by atoms with E-state index in [2.05, 4.69) is 6.92 Å². The first-order chi connectivity index (χ1) is 9.22. The predicted octanol–water partition coefficient (Wildman–Crippen LogP) is 5.17. The van der Waals surface area contributed by atoms with Crippen LogP contribution in [0.5, 0.6) is 0 Å². The predicted molar refractivity (Wildman–Crippen MR) is 84.4 cm³/mol. The number of carbonyl (C=O) groups is 1. The van der Waals surface area contributed by atoms with E-state index in [0.717, 1.165) is 19.4 Å². The van der Waals surface area contributed by atoms with Gasteiger partial charge in [-0.2, -0.15) is 0 Å². The molecule has 114 valence electrons. The highest BCUT2D eigenvalue weighted by Crippen LogP contribution is 2.12. The standard InChI is InChI=1S/C17H35NO/c1-4-6-7-8-9-10-11-12-13-14-15-16-17(19)18(3)5-2/h4-16H2,1-3H3. The summed E-state index contributed by atoms with van der Waals surface area (Å²) in [6, 6.07) is 0. The van der Waals surface area contributed by atoms with Gasteiger partial charge in [0.15, 0.2) is 0 Å². The molecule has 0 aromatic carbocycles. The summed E-state index contributed by atoms with van der Waals surface area (Å²) in [6.07, 6.45) is 15.5. The summed E-state index contributed by atoms with van der Waals surface area (Å²) >= 11 is 0. The summed E-state index contributed by atoms with van der Waals surface area (Å²) in [4.78, 5) is 13.4. The quantitative estimate of drug-likeness (QED) is 0.423. The minimum absolute atomic E-state index is 0.304. The summed E-state index contributed by atoms with van der Waals surface area (Å²) in [5.74, 6) is 0.304. The zero-order chi connectivity index (χ0) is 14.3. The highest BCUT2D eigenvalue weighted by molar-refractivity contribution is 5.75. The average Bonchev–Trinajstić information content (AvgIpc) is 2.43. The van der Waals surface area contributed by atoms with Crippen molar-refractivity contribution in [3.05, 3.63) is 0 Å². The Morgan fingerprint density at radius 1 is 0.737 bits per heavy atom. The molecule has 1 amide bonds. The fraction of sp³-hybridized carbons (Fsp3) is 0.941. The fourth-order valence-corrected chi connectivity index (χ4v) is 2.31. The number of nitrogens with zero attached hydrogens (tertiary/aromatic N) is 1. The molecule has 2 nitrogen and oxygen atoms in total. The van der Waals surface area contributed by atoms with Gasteiger partial charge in [0.25, 0.3) is 0 Å². The second-order valence-corrected chi connectivity index (χ2v) is 5.69. The number of unbranched alkanes of at least 4 members (excludes halogenated alkanes) is 10. The average molecular weight is 269 g/mol. The zero-order valence-electron chi connectivity index (χ0n) is 13.5. The Morgan fingerprint density at radius 2 is 1.16 bits per heavy atom. The van der Waals surface area contributed by atoms with Gasteiger partial charge in [0, 0.05) is 20.0 Å². The number of hydrogen-bond donors (Lipinski definition) is 0. The van der Waals surface area contributed by atoms with Crippen LogP contribution in [0.2, 0.25) is 0 Å². The molecule has 0 spiro atoms. The molecule has 0 saturated heterocycles. The molecule has 0 aliphatic heterocycles. The number of amides is 1. The van der Waals surface area contributed by atoms with Gasteiger partial charge >= 0.3 is 0 Å². The molecule has 19 heavy (non-hydrogen) atoms. The molecular formula is C17H35NO. The Balaban J connectivity index is 3.13. The monoisotopic (exact) mass is 269 g/mol. The van der Waals surface area contributed by atoms with Gasteiger partial charge in [-0.05, 0) is 13.3 Å². The van der Waals surface area contributed by atoms with Crippen molar-refractivity contribution in [2.45, 2.75) is 90.9 Å². The van der Waals surface area contributed by atoms with E-state index in [4.69, 9.17) is 0 Å². The Bertz CT molecular complexity index is 203. The van der Waals surface area contributed by atoms with Crippen LogP contribution in [0.1, 0.15) is 90.9 Å². The van der Waals surface area contributed by atoms with Crippen molar-refractivity contribution in [3.8, 4) is 0 Å². The molecular weight excluding hydrogens is 234 g/mol. The van der Waals surface area contributed by atoms with E-state index < -0.39 is 0 Å². The van der Waals surface area contributed by atoms with Crippen LogP contribution in [0.25, 0.3) is 0 Å². The zero-order valence-corrected chi connectivity index (χ0v) is 13.5. The molecule has 0 aliphatic carbocycles. The second-order valence-electron chi connectivity index (χ2n) is 5.69. The van der Waals surface area contributed by atoms with E-state index in [1.807, 2.05) is 18.9 Å². The summed E-state index contributed by atoms with van der Waals surface area (Å²) in [5.41, 5.74) is 0. The molecule has 0 atom stereocenters. The van der Waals surface area contributed by atoms with Gasteiger partial charge < -0.3 is 4.90 Å². The van der Waals surface area contributed by atoms with Crippen molar-refractivity contribution in [1.29, 1.82) is 0 Å². The van der Waals surface area contributed by atoms with Crippen LogP contribution in [-0.4, -0.2) is 24.4 Å². The van der Waals surface area contributed by atoms with Gasteiger partial charge in [-0.25, -0.2) is 0 Å². The van der Waals surface area contributed by atoms with Crippen LogP contribution >= 0.6 is 0 Å². The largest absolute Gasteiger partial charge is 0.346 e. The molecule has 0 saturated carbocycles. The highest BCUT2D eigenvalue weighted by atomic mass is 16.2. The maximum absolute atomic E-state index is 11.6. The third kappa shape index (κ3) is 12.3. The Hall–Kier alpha value is -0.530. The number of carbonyl (C=O) groups excluding carboxylic acids is 1. The highest BCUT2D eigenvalue weighted by Gasteiger charge is 2.04. The molecule has 0 aromatic heterocycles. The normalized spacial score (nSPS) is 10.7. The first-order valence-corrected chi connectivity index (χ1v) is 8.46. The van der Waals surface area contributed by atoms with E-state index >= 15 is 0 Å². The van der Waals surface area contributed by atoms with Gasteiger partial charge in [0.05, 0.1) is 0 Å². The van der Waals surface area contributed by atoms with Gasteiger partial charge in [-0.3, -0.25) is 4.79 Å². The van der Waals surface area contributed by atoms with E-state index in [0.29, 0.717) is 5.91 Å². The van der Waals surface area contributed by atoms with Crippen LogP contribution in [-0.2, 0) is 4.79 Å². The van der Waals surface area contributed by atoms with Crippen LogP contribution < -0.4 is 0 Å². The van der Waals surface area contributed by atoms with Gasteiger partial charge in [-0.15, -0.1) is 0 Å². The van der Waals surface area contributed by atoms with E-state index in [-0.39, 0.29) is 0 Å². The molecule has 0 radical (unpaired) electrons. The molecule has 0 heterocycles. The fourth-order valence-electron chi connectivity index (χ4n) is 2.31. The van der Waals surface area contributed by atoms with E-state index in [9.17, 15) is 4.79 Å². The lowest BCUT2D eigenvalue weighted by Gasteiger charge is -2.13. The lowest BCUT2D eigenvalue weighted by Crippen LogP contribution is -2.25. The summed E-state index contributed by atoms with van der Waals surface area (Å²) < 4.78 is 0. The molecule has 0 unspecified atom stereocenters. The maximum atomic E-state index is 11.6. The van der Waals surface area contributed by atoms with Crippen molar-refractivity contribution in [2.24, 2.45) is 0 Å². The summed E-state index contributed by atoms with van der Waals surface area (Å²) in [7, 11) is 1.89. The Kier molecular flexibility index (Phi) is 13.5. The SMILES string of the molecule is CCCCCCCCCCCCCC(=O)N(C)CC. The number of hydrogen-bond acceptors (Lipinski definition) is 1. The van der Waals surface area contributed by atoms with Crippen LogP contribution in [0.3, 0.4) is 0 Å². The third-order valence-corrected chi connectivity index (χ3v) is 3.89. The van der Waals surface area contributed by atoms with Crippen molar-refractivity contribution < 1.29 is 4.79 Å². The molecule has 0 bridgehead atoms. The molecule has 0 rings (SSSR count). The lowest BCUT2D eigenvalue weighted by molar-refractivity contribution is -0.129. The molecule has 0 N–H and O–H groups in total. The molecule has 0 aliphatic rings. The van der Waals surface area contributed by atoms with Crippen molar-refractivity contribution >= 4 is 5.91 Å². The third-order valence-electron chi connectivity index (χ3n) is 3.89. The molecule has 0 fully saturated rings. The first-order valence-electron chi connectivity index (χ1n) is 8.46. The van der Waals surface area contributed by atoms with Crippen molar-refractivity contribution in [3.63, 3.8) is 0 Å². The number of rotatable bonds is 13. The smallest absolute Gasteiger partial charge is 0.222 e. The summed E-state index contributed by atoms with van der Waals surface area (Å²) in [5, 5.41) is 0. The van der Waals surface area contributed by atoms with Crippen LogP contribution in [0.15, 0.2) is 0 Å².